The van der Waals surface area contributed by atoms with Gasteiger partial charge in [0.2, 0.25) is 0 Å². The lowest BCUT2D eigenvalue weighted by molar-refractivity contribution is 0.405. The normalized spacial score (nSPS) is 25.7. The zero-order valence-electron chi connectivity index (χ0n) is 8.08. The van der Waals surface area contributed by atoms with Crippen LogP contribution in [0.25, 0.3) is 6.08 Å². The van der Waals surface area contributed by atoms with E-state index in [2.05, 4.69) is 17.1 Å². The fraction of sp³-hybridized carbons (Fsp3) is 0.600. The maximum atomic E-state index is 5.02. The Morgan fingerprint density at radius 1 is 1.54 bits per heavy atom. The van der Waals surface area contributed by atoms with E-state index in [-0.39, 0.29) is 0 Å². The van der Waals surface area contributed by atoms with Gasteiger partial charge in [0.25, 0.3) is 5.89 Å². The van der Waals surface area contributed by atoms with Gasteiger partial charge < -0.3 is 4.52 Å². The second-order valence-electron chi connectivity index (χ2n) is 3.83. The molecule has 0 aromatic carbocycles. The average Bonchev–Trinajstić information content (AvgIpc) is 2.62. The molecule has 70 valence electrons. The van der Waals surface area contributed by atoms with Crippen LogP contribution in [0, 0.1) is 12.8 Å². The second kappa shape index (κ2) is 3.32. The van der Waals surface area contributed by atoms with Crippen molar-refractivity contribution in [1.29, 1.82) is 0 Å². The summed E-state index contributed by atoms with van der Waals surface area (Å²) in [6.45, 7) is 4.11. The molecule has 3 nitrogen and oxygen atoms in total. The van der Waals surface area contributed by atoms with E-state index < -0.39 is 0 Å². The predicted molar refractivity (Wildman–Crippen MR) is 50.0 cm³/mol. The van der Waals surface area contributed by atoms with E-state index in [1.165, 1.54) is 24.8 Å². The van der Waals surface area contributed by atoms with Gasteiger partial charge in [-0.2, -0.15) is 4.98 Å². The lowest BCUT2D eigenvalue weighted by Gasteiger charge is -1.94. The second-order valence-corrected chi connectivity index (χ2v) is 3.83. The van der Waals surface area contributed by atoms with Gasteiger partial charge in [-0.3, -0.25) is 0 Å². The number of rotatable bonds is 1. The van der Waals surface area contributed by atoms with Crippen molar-refractivity contribution in [3.8, 4) is 0 Å². The van der Waals surface area contributed by atoms with Gasteiger partial charge in [-0.25, -0.2) is 0 Å². The van der Waals surface area contributed by atoms with Gasteiger partial charge in [-0.15, -0.1) is 0 Å². The highest BCUT2D eigenvalue weighted by Crippen LogP contribution is 2.30. The minimum atomic E-state index is 0.654. The first-order chi connectivity index (χ1) is 6.24. The molecule has 0 bridgehead atoms. The van der Waals surface area contributed by atoms with Crippen molar-refractivity contribution in [1.82, 2.24) is 10.1 Å². The quantitative estimate of drug-likeness (QED) is 0.663. The topological polar surface area (TPSA) is 38.9 Å². The van der Waals surface area contributed by atoms with E-state index in [9.17, 15) is 0 Å². The highest BCUT2D eigenvalue weighted by atomic mass is 16.5. The molecular formula is C10H14N2O. The molecule has 1 fully saturated rings. The Balaban J connectivity index is 2.12. The third-order valence-corrected chi connectivity index (χ3v) is 2.44. The van der Waals surface area contributed by atoms with Gasteiger partial charge in [0.1, 0.15) is 0 Å². The lowest BCUT2D eigenvalue weighted by atomic mass is 10.1. The van der Waals surface area contributed by atoms with Crippen molar-refractivity contribution >= 4 is 6.08 Å². The summed E-state index contributed by atoms with van der Waals surface area (Å²) >= 11 is 0. The molecule has 1 heterocycles. The first kappa shape index (κ1) is 8.48. The van der Waals surface area contributed by atoms with Crippen molar-refractivity contribution in [2.24, 2.45) is 5.92 Å². The fourth-order valence-electron chi connectivity index (χ4n) is 1.76. The van der Waals surface area contributed by atoms with Gasteiger partial charge in [0.05, 0.1) is 0 Å². The maximum Gasteiger partial charge on any atom is 0.250 e. The first-order valence-electron chi connectivity index (χ1n) is 4.74. The zero-order valence-corrected chi connectivity index (χ0v) is 8.08. The van der Waals surface area contributed by atoms with Gasteiger partial charge in [-0.05, 0) is 32.1 Å². The van der Waals surface area contributed by atoms with Crippen molar-refractivity contribution in [2.45, 2.75) is 33.1 Å². The SMILES string of the molecule is Cc1noc(/C=C2/CCC(C)C2)n1. The van der Waals surface area contributed by atoms with Gasteiger partial charge in [0, 0.05) is 6.08 Å². The number of aryl methyl sites for hydroxylation is 1. The first-order valence-corrected chi connectivity index (χ1v) is 4.74. The average molecular weight is 178 g/mol. The minimum Gasteiger partial charge on any atom is -0.335 e. The van der Waals surface area contributed by atoms with E-state index in [1.54, 1.807) is 0 Å². The minimum absolute atomic E-state index is 0.654. The van der Waals surface area contributed by atoms with Gasteiger partial charge >= 0.3 is 0 Å². The van der Waals surface area contributed by atoms with Crippen LogP contribution >= 0.6 is 0 Å². The smallest absolute Gasteiger partial charge is 0.250 e. The van der Waals surface area contributed by atoms with Crippen molar-refractivity contribution in [2.75, 3.05) is 0 Å². The highest BCUT2D eigenvalue weighted by Gasteiger charge is 2.15. The summed E-state index contributed by atoms with van der Waals surface area (Å²) in [7, 11) is 0. The third kappa shape index (κ3) is 1.97. The Kier molecular flexibility index (Phi) is 2.17. The Bertz CT molecular complexity index is 327. The van der Waals surface area contributed by atoms with E-state index >= 15 is 0 Å². The van der Waals surface area contributed by atoms with Crippen molar-refractivity contribution in [3.63, 3.8) is 0 Å². The Morgan fingerprint density at radius 2 is 2.38 bits per heavy atom. The highest BCUT2D eigenvalue weighted by molar-refractivity contribution is 5.44. The zero-order chi connectivity index (χ0) is 9.26. The molecule has 1 unspecified atom stereocenters. The summed E-state index contributed by atoms with van der Waals surface area (Å²) in [5, 5.41) is 3.75. The number of allylic oxidation sites excluding steroid dienone is 1. The van der Waals surface area contributed by atoms with E-state index in [1.807, 2.05) is 13.0 Å². The standard InChI is InChI=1S/C10H14N2O/c1-7-3-4-9(5-7)6-10-11-8(2)12-13-10/h6-7H,3-5H2,1-2H3/b9-6-. The molecule has 1 atom stereocenters. The molecular weight excluding hydrogens is 164 g/mol. The summed E-state index contributed by atoms with van der Waals surface area (Å²) in [6, 6.07) is 0. The van der Waals surface area contributed by atoms with Crippen LogP contribution in [-0.4, -0.2) is 10.1 Å². The van der Waals surface area contributed by atoms with Crippen LogP contribution in [-0.2, 0) is 0 Å². The van der Waals surface area contributed by atoms with E-state index in [0.29, 0.717) is 11.7 Å². The van der Waals surface area contributed by atoms with Crippen LogP contribution in [0.15, 0.2) is 10.1 Å². The van der Waals surface area contributed by atoms with Crippen LogP contribution < -0.4 is 0 Å². The molecule has 1 saturated carbocycles. The summed E-state index contributed by atoms with van der Waals surface area (Å²) in [5.74, 6) is 2.18. The lowest BCUT2D eigenvalue weighted by Crippen LogP contribution is -1.81. The molecule has 0 spiro atoms. The molecule has 1 aliphatic carbocycles. The molecule has 0 amide bonds. The van der Waals surface area contributed by atoms with E-state index in [4.69, 9.17) is 4.52 Å². The molecule has 1 aromatic heterocycles. The van der Waals surface area contributed by atoms with Crippen LogP contribution in [0.5, 0.6) is 0 Å². The molecule has 0 radical (unpaired) electrons. The predicted octanol–water partition coefficient (Wildman–Crippen LogP) is 2.58. The summed E-state index contributed by atoms with van der Waals surface area (Å²) in [5.41, 5.74) is 1.44. The monoisotopic (exact) mass is 178 g/mol. The van der Waals surface area contributed by atoms with Crippen molar-refractivity contribution < 1.29 is 4.52 Å². The summed E-state index contributed by atoms with van der Waals surface area (Å²) < 4.78 is 5.02. The summed E-state index contributed by atoms with van der Waals surface area (Å²) in [4.78, 5) is 4.15. The van der Waals surface area contributed by atoms with Crippen LogP contribution in [0.1, 0.15) is 37.9 Å². The van der Waals surface area contributed by atoms with Crippen LogP contribution in [0.3, 0.4) is 0 Å². The van der Waals surface area contributed by atoms with Crippen LogP contribution in [0.2, 0.25) is 0 Å². The van der Waals surface area contributed by atoms with Crippen molar-refractivity contribution in [3.05, 3.63) is 17.3 Å². The maximum absolute atomic E-state index is 5.02. The van der Waals surface area contributed by atoms with Gasteiger partial charge in [0.15, 0.2) is 5.82 Å². The van der Waals surface area contributed by atoms with E-state index in [0.717, 1.165) is 5.92 Å². The molecule has 0 N–H and O–H groups in total. The number of hydrogen-bond donors (Lipinski definition) is 0. The number of aromatic nitrogens is 2. The van der Waals surface area contributed by atoms with Crippen LogP contribution in [0.4, 0.5) is 0 Å². The fourth-order valence-corrected chi connectivity index (χ4v) is 1.76. The molecule has 2 rings (SSSR count). The third-order valence-electron chi connectivity index (χ3n) is 2.44. The molecule has 13 heavy (non-hydrogen) atoms. The Hall–Kier alpha value is -1.12. The number of hydrogen-bond acceptors (Lipinski definition) is 3. The molecule has 0 saturated heterocycles. The summed E-state index contributed by atoms with van der Waals surface area (Å²) in [6.07, 6.45) is 5.69. The number of nitrogens with zero attached hydrogens (tertiary/aromatic N) is 2. The van der Waals surface area contributed by atoms with Gasteiger partial charge in [-0.1, -0.05) is 17.7 Å². The Labute approximate surface area is 77.8 Å². The Morgan fingerprint density at radius 3 is 2.92 bits per heavy atom. The largest absolute Gasteiger partial charge is 0.335 e. The molecule has 3 heteroatoms. The molecule has 1 aliphatic rings. The molecule has 1 aromatic rings. The molecule has 0 aliphatic heterocycles.